The van der Waals surface area contributed by atoms with Crippen LogP contribution in [0.5, 0.6) is 0 Å². The number of nitrogens with one attached hydrogen (secondary N) is 1. The summed E-state index contributed by atoms with van der Waals surface area (Å²) in [5.74, 6) is -0.163. The molecule has 0 saturated carbocycles. The molecule has 1 heterocycles. The van der Waals surface area contributed by atoms with Crippen molar-refractivity contribution < 1.29 is 9.59 Å². The van der Waals surface area contributed by atoms with Crippen LogP contribution in [0.2, 0.25) is 0 Å². The minimum absolute atomic E-state index is 0.0508. The van der Waals surface area contributed by atoms with Crippen molar-refractivity contribution in [1.82, 2.24) is 15.1 Å². The lowest BCUT2D eigenvalue weighted by molar-refractivity contribution is -0.124. The van der Waals surface area contributed by atoms with Gasteiger partial charge in [-0.15, -0.1) is 0 Å². The van der Waals surface area contributed by atoms with Gasteiger partial charge in [0.25, 0.3) is 5.91 Å². The lowest BCUT2D eigenvalue weighted by atomic mass is 10.1. The summed E-state index contributed by atoms with van der Waals surface area (Å²) in [7, 11) is 2.07. The number of carbonyl (C=O) groups is 2. The Balaban J connectivity index is 1.89. The number of piperazine rings is 1. The third kappa shape index (κ3) is 4.77. The molecule has 1 saturated heterocycles. The Morgan fingerprint density at radius 2 is 1.78 bits per heavy atom. The standard InChI is InChI=1S/C17H26N4O2/c1-13(11-18)16(22)19-12-14-3-5-15(6-4-14)17(23)21-9-7-20(2)8-10-21/h3-6,13H,7-12,18H2,1-2H3,(H,19,22). The van der Waals surface area contributed by atoms with Crippen molar-refractivity contribution in [1.29, 1.82) is 0 Å². The molecule has 1 aromatic rings. The second-order valence-electron chi connectivity index (χ2n) is 6.15. The summed E-state index contributed by atoms with van der Waals surface area (Å²) in [4.78, 5) is 28.2. The average molecular weight is 318 g/mol. The fraction of sp³-hybridized carbons (Fsp3) is 0.529. The number of nitrogens with zero attached hydrogens (tertiary/aromatic N) is 2. The van der Waals surface area contributed by atoms with E-state index in [-0.39, 0.29) is 17.7 Å². The summed E-state index contributed by atoms with van der Waals surface area (Å²) in [6, 6.07) is 7.43. The van der Waals surface area contributed by atoms with Gasteiger partial charge in [-0.1, -0.05) is 19.1 Å². The highest BCUT2D eigenvalue weighted by Gasteiger charge is 2.20. The van der Waals surface area contributed by atoms with Gasteiger partial charge in [0.15, 0.2) is 0 Å². The summed E-state index contributed by atoms with van der Waals surface area (Å²) in [6.45, 7) is 5.95. The smallest absolute Gasteiger partial charge is 0.253 e. The number of hydrogen-bond donors (Lipinski definition) is 2. The summed E-state index contributed by atoms with van der Waals surface area (Å²) in [6.07, 6.45) is 0. The van der Waals surface area contributed by atoms with Gasteiger partial charge in [0.1, 0.15) is 0 Å². The zero-order chi connectivity index (χ0) is 16.8. The largest absolute Gasteiger partial charge is 0.352 e. The maximum atomic E-state index is 12.4. The van der Waals surface area contributed by atoms with Gasteiger partial charge < -0.3 is 20.9 Å². The summed E-state index contributed by atoms with van der Waals surface area (Å²) >= 11 is 0. The van der Waals surface area contributed by atoms with Crippen molar-refractivity contribution in [2.75, 3.05) is 39.8 Å². The molecule has 1 aliphatic heterocycles. The molecule has 1 aromatic carbocycles. The molecule has 1 aliphatic rings. The van der Waals surface area contributed by atoms with Gasteiger partial charge in [-0.05, 0) is 24.7 Å². The molecular formula is C17H26N4O2. The monoisotopic (exact) mass is 318 g/mol. The quantitative estimate of drug-likeness (QED) is 0.818. The van der Waals surface area contributed by atoms with Crippen LogP contribution in [0.4, 0.5) is 0 Å². The van der Waals surface area contributed by atoms with Crippen LogP contribution >= 0.6 is 0 Å². The molecule has 1 fully saturated rings. The first-order chi connectivity index (χ1) is 11.0. The summed E-state index contributed by atoms with van der Waals surface area (Å²) in [5, 5.41) is 2.85. The van der Waals surface area contributed by atoms with Crippen LogP contribution in [-0.2, 0) is 11.3 Å². The van der Waals surface area contributed by atoms with Crippen LogP contribution < -0.4 is 11.1 Å². The van der Waals surface area contributed by atoms with Gasteiger partial charge >= 0.3 is 0 Å². The normalized spacial score (nSPS) is 16.9. The molecule has 2 amide bonds. The van der Waals surface area contributed by atoms with Crippen LogP contribution in [0.15, 0.2) is 24.3 Å². The van der Waals surface area contributed by atoms with Crippen LogP contribution in [0, 0.1) is 5.92 Å². The number of carbonyl (C=O) groups excluding carboxylic acids is 2. The summed E-state index contributed by atoms with van der Waals surface area (Å²) in [5.41, 5.74) is 7.13. The van der Waals surface area contributed by atoms with E-state index < -0.39 is 0 Å². The predicted molar refractivity (Wildman–Crippen MR) is 89.9 cm³/mol. The van der Waals surface area contributed by atoms with Crippen LogP contribution in [-0.4, -0.2) is 61.4 Å². The van der Waals surface area contributed by atoms with Gasteiger partial charge in [-0.25, -0.2) is 0 Å². The van der Waals surface area contributed by atoms with E-state index in [9.17, 15) is 9.59 Å². The first-order valence-corrected chi connectivity index (χ1v) is 8.05. The van der Waals surface area contributed by atoms with E-state index in [1.165, 1.54) is 0 Å². The lowest BCUT2D eigenvalue weighted by Crippen LogP contribution is -2.47. The van der Waals surface area contributed by atoms with E-state index in [4.69, 9.17) is 5.73 Å². The first kappa shape index (κ1) is 17.4. The Kier molecular flexibility index (Phi) is 6.12. The average Bonchev–Trinajstić information content (AvgIpc) is 2.59. The molecule has 0 bridgehead atoms. The second kappa shape index (κ2) is 8.08. The maximum Gasteiger partial charge on any atom is 0.253 e. The predicted octanol–water partition coefficient (Wildman–Crippen LogP) is 0.285. The van der Waals surface area contributed by atoms with E-state index in [2.05, 4.69) is 17.3 Å². The Labute approximate surface area is 137 Å². The fourth-order valence-electron chi connectivity index (χ4n) is 2.43. The maximum absolute atomic E-state index is 12.4. The third-order valence-corrected chi connectivity index (χ3v) is 4.26. The SMILES string of the molecule is CC(CN)C(=O)NCc1ccc(C(=O)N2CCN(C)CC2)cc1. The lowest BCUT2D eigenvalue weighted by Gasteiger charge is -2.32. The highest BCUT2D eigenvalue weighted by molar-refractivity contribution is 5.94. The van der Waals surface area contributed by atoms with Crippen molar-refractivity contribution in [3.8, 4) is 0 Å². The number of rotatable bonds is 5. The van der Waals surface area contributed by atoms with E-state index in [1.54, 1.807) is 6.92 Å². The Morgan fingerprint density at radius 3 is 2.35 bits per heavy atom. The molecule has 6 nitrogen and oxygen atoms in total. The van der Waals surface area contributed by atoms with E-state index in [0.717, 1.165) is 31.7 Å². The third-order valence-electron chi connectivity index (χ3n) is 4.26. The van der Waals surface area contributed by atoms with Crippen molar-refractivity contribution in [2.45, 2.75) is 13.5 Å². The molecule has 0 aliphatic carbocycles. The summed E-state index contributed by atoms with van der Waals surface area (Å²) < 4.78 is 0. The molecule has 126 valence electrons. The Hall–Kier alpha value is -1.92. The van der Waals surface area contributed by atoms with Gasteiger partial charge in [0, 0.05) is 50.7 Å². The Morgan fingerprint density at radius 1 is 1.17 bits per heavy atom. The van der Waals surface area contributed by atoms with Crippen molar-refractivity contribution in [3.05, 3.63) is 35.4 Å². The minimum Gasteiger partial charge on any atom is -0.352 e. The van der Waals surface area contributed by atoms with Gasteiger partial charge in [0.05, 0.1) is 0 Å². The molecule has 6 heteroatoms. The van der Waals surface area contributed by atoms with E-state index >= 15 is 0 Å². The van der Waals surface area contributed by atoms with E-state index in [1.807, 2.05) is 29.2 Å². The zero-order valence-corrected chi connectivity index (χ0v) is 13.9. The number of nitrogens with two attached hydrogens (primary N) is 1. The Bertz CT molecular complexity index is 536. The topological polar surface area (TPSA) is 78.7 Å². The molecule has 1 atom stereocenters. The van der Waals surface area contributed by atoms with Crippen molar-refractivity contribution >= 4 is 11.8 Å². The number of benzene rings is 1. The molecule has 23 heavy (non-hydrogen) atoms. The molecule has 0 aromatic heterocycles. The number of likely N-dealkylation sites (N-methyl/N-ethyl adjacent to an activating group) is 1. The van der Waals surface area contributed by atoms with E-state index in [0.29, 0.717) is 18.7 Å². The van der Waals surface area contributed by atoms with Crippen molar-refractivity contribution in [3.63, 3.8) is 0 Å². The van der Waals surface area contributed by atoms with Gasteiger partial charge in [-0.2, -0.15) is 0 Å². The van der Waals surface area contributed by atoms with Gasteiger partial charge in [0.2, 0.25) is 5.91 Å². The van der Waals surface area contributed by atoms with Gasteiger partial charge in [-0.3, -0.25) is 9.59 Å². The molecular weight excluding hydrogens is 292 g/mol. The number of amides is 2. The van der Waals surface area contributed by atoms with Crippen LogP contribution in [0.1, 0.15) is 22.8 Å². The molecule has 2 rings (SSSR count). The van der Waals surface area contributed by atoms with Crippen LogP contribution in [0.25, 0.3) is 0 Å². The fourth-order valence-corrected chi connectivity index (χ4v) is 2.43. The van der Waals surface area contributed by atoms with Crippen LogP contribution in [0.3, 0.4) is 0 Å². The molecule has 0 radical (unpaired) electrons. The second-order valence-corrected chi connectivity index (χ2v) is 6.15. The highest BCUT2D eigenvalue weighted by atomic mass is 16.2. The molecule has 0 spiro atoms. The minimum atomic E-state index is -0.187. The molecule has 3 N–H and O–H groups in total. The highest BCUT2D eigenvalue weighted by Crippen LogP contribution is 2.10. The van der Waals surface area contributed by atoms with Crippen molar-refractivity contribution in [2.24, 2.45) is 11.7 Å². The zero-order valence-electron chi connectivity index (χ0n) is 13.9. The number of hydrogen-bond acceptors (Lipinski definition) is 4. The first-order valence-electron chi connectivity index (χ1n) is 8.05. The molecule has 1 unspecified atom stereocenters.